The average Bonchev–Trinajstić information content (AvgIpc) is 3.37. The van der Waals surface area contributed by atoms with Gasteiger partial charge in [-0.3, -0.25) is 9.52 Å². The van der Waals surface area contributed by atoms with Crippen molar-refractivity contribution in [3.8, 4) is 0 Å². The topological polar surface area (TPSA) is 87.3 Å². The predicted octanol–water partition coefficient (Wildman–Crippen LogP) is 3.78. The zero-order valence-corrected chi connectivity index (χ0v) is 17.9. The van der Waals surface area contributed by atoms with Crippen molar-refractivity contribution in [2.45, 2.75) is 52.0 Å². The van der Waals surface area contributed by atoms with Gasteiger partial charge in [-0.2, -0.15) is 21.6 Å². The molecule has 0 saturated carbocycles. The van der Waals surface area contributed by atoms with Gasteiger partial charge < -0.3 is 10.6 Å². The van der Waals surface area contributed by atoms with Crippen LogP contribution in [0, 0.1) is 0 Å². The predicted molar refractivity (Wildman–Crippen MR) is 109 cm³/mol. The third kappa shape index (κ3) is 4.61. The monoisotopic (exact) mass is 477 g/mol. The molecule has 2 bridgehead atoms. The van der Waals surface area contributed by atoms with Crippen LogP contribution >= 0.6 is 23.1 Å². The van der Waals surface area contributed by atoms with Crippen LogP contribution in [0.2, 0.25) is 0 Å². The molecule has 0 radical (unpaired) electrons. The van der Waals surface area contributed by atoms with Crippen molar-refractivity contribution in [2.75, 3.05) is 4.72 Å². The maximum absolute atomic E-state index is 12.5. The molecule has 6 nitrogen and oxygen atoms in total. The summed E-state index contributed by atoms with van der Waals surface area (Å²) >= 11 is 2.51. The van der Waals surface area contributed by atoms with E-state index in [1.54, 1.807) is 18.2 Å². The van der Waals surface area contributed by atoms with Crippen LogP contribution in [0.25, 0.3) is 0 Å². The lowest BCUT2D eigenvalue weighted by molar-refractivity contribution is -0.0429. The first-order valence-corrected chi connectivity index (χ1v) is 12.3. The highest BCUT2D eigenvalue weighted by molar-refractivity contribution is 8.01. The molecule has 3 heterocycles. The van der Waals surface area contributed by atoms with Crippen molar-refractivity contribution in [2.24, 2.45) is 0 Å². The van der Waals surface area contributed by atoms with Crippen LogP contribution in [0.5, 0.6) is 0 Å². The van der Waals surface area contributed by atoms with Gasteiger partial charge in [0.15, 0.2) is 0 Å². The molecule has 1 aromatic heterocycles. The van der Waals surface area contributed by atoms with Gasteiger partial charge in [0.05, 0.1) is 9.09 Å². The standard InChI is InChI=1S/C18H18F3N3O3S3/c19-18(20,21)30(26,27)24-11-2-1-3-12(8-11)28-16-7-6-15(29-16)17(25)23-14-9-10-4-5-13(14)22-10/h1-3,6-8,10,13-14,22,24H,4-5,9H2,(H,23,25). The Labute approximate surface area is 179 Å². The fourth-order valence-electron chi connectivity index (χ4n) is 3.67. The minimum Gasteiger partial charge on any atom is -0.347 e. The van der Waals surface area contributed by atoms with Crippen molar-refractivity contribution < 1.29 is 26.4 Å². The van der Waals surface area contributed by atoms with Gasteiger partial charge in [0.2, 0.25) is 0 Å². The average molecular weight is 478 g/mol. The van der Waals surface area contributed by atoms with E-state index >= 15 is 0 Å². The van der Waals surface area contributed by atoms with Crippen LogP contribution in [0.4, 0.5) is 18.9 Å². The number of rotatable bonds is 6. The van der Waals surface area contributed by atoms with Crippen molar-refractivity contribution in [1.82, 2.24) is 10.6 Å². The highest BCUT2D eigenvalue weighted by Gasteiger charge is 2.46. The van der Waals surface area contributed by atoms with Crippen LogP contribution in [-0.2, 0) is 10.0 Å². The third-order valence-electron chi connectivity index (χ3n) is 5.03. The highest BCUT2D eigenvalue weighted by Crippen LogP contribution is 2.36. The first-order valence-electron chi connectivity index (χ1n) is 9.14. The van der Waals surface area contributed by atoms with E-state index in [1.165, 1.54) is 46.0 Å². The summed E-state index contributed by atoms with van der Waals surface area (Å²) in [5.74, 6) is -0.141. The van der Waals surface area contributed by atoms with Gasteiger partial charge >= 0.3 is 15.5 Å². The summed E-state index contributed by atoms with van der Waals surface area (Å²) in [6.45, 7) is 0. The second-order valence-electron chi connectivity index (χ2n) is 7.16. The smallest absolute Gasteiger partial charge is 0.347 e. The van der Waals surface area contributed by atoms with Gasteiger partial charge in [0.25, 0.3) is 5.91 Å². The first-order chi connectivity index (χ1) is 14.1. The Balaban J connectivity index is 1.39. The van der Waals surface area contributed by atoms with Crippen molar-refractivity contribution >= 4 is 44.7 Å². The maximum atomic E-state index is 12.5. The number of amides is 1. The molecule has 12 heteroatoms. The Kier molecular flexibility index (Phi) is 5.77. The normalized spacial score (nSPS) is 23.5. The summed E-state index contributed by atoms with van der Waals surface area (Å²) in [5, 5.41) is 6.54. The molecule has 30 heavy (non-hydrogen) atoms. The number of sulfonamides is 1. The van der Waals surface area contributed by atoms with Crippen molar-refractivity contribution in [3.05, 3.63) is 41.3 Å². The molecule has 2 saturated heterocycles. The largest absolute Gasteiger partial charge is 0.516 e. The van der Waals surface area contributed by atoms with E-state index < -0.39 is 15.5 Å². The van der Waals surface area contributed by atoms with Gasteiger partial charge in [-0.1, -0.05) is 17.8 Å². The number of halogens is 3. The van der Waals surface area contributed by atoms with E-state index in [1.807, 2.05) is 0 Å². The highest BCUT2D eigenvalue weighted by atomic mass is 32.2. The lowest BCUT2D eigenvalue weighted by Gasteiger charge is -2.20. The number of thiophene rings is 1. The van der Waals surface area contributed by atoms with Gasteiger partial charge in [0.1, 0.15) is 0 Å². The summed E-state index contributed by atoms with van der Waals surface area (Å²) in [5.41, 5.74) is -5.57. The summed E-state index contributed by atoms with van der Waals surface area (Å²) in [6.07, 6.45) is 3.15. The van der Waals surface area contributed by atoms with Gasteiger partial charge in [-0.25, -0.2) is 0 Å². The minimum atomic E-state index is -5.48. The van der Waals surface area contributed by atoms with E-state index in [0.717, 1.165) is 23.5 Å². The maximum Gasteiger partial charge on any atom is 0.516 e. The second-order valence-corrected chi connectivity index (χ2v) is 11.3. The number of carbonyl (C=O) groups is 1. The number of carbonyl (C=O) groups excluding carboxylic acids is 1. The lowest BCUT2D eigenvalue weighted by Crippen LogP contribution is -2.42. The summed E-state index contributed by atoms with van der Waals surface area (Å²) < 4.78 is 62.5. The third-order valence-corrected chi connectivity index (χ3v) is 8.35. The Morgan fingerprint density at radius 3 is 2.67 bits per heavy atom. The molecule has 3 N–H and O–H groups in total. The molecule has 1 aromatic carbocycles. The molecule has 0 aliphatic carbocycles. The fourth-order valence-corrected chi connectivity index (χ4v) is 6.29. The molecule has 162 valence electrons. The van der Waals surface area contributed by atoms with E-state index in [-0.39, 0.29) is 17.6 Å². The quantitative estimate of drug-likeness (QED) is 0.590. The molecule has 1 amide bonds. The van der Waals surface area contributed by atoms with Gasteiger partial charge in [-0.15, -0.1) is 11.3 Å². The van der Waals surface area contributed by atoms with Crippen molar-refractivity contribution in [1.29, 1.82) is 0 Å². The zero-order valence-electron chi connectivity index (χ0n) is 15.4. The second kappa shape index (κ2) is 8.06. The van der Waals surface area contributed by atoms with Gasteiger partial charge in [0, 0.05) is 28.7 Å². The Morgan fingerprint density at radius 1 is 1.20 bits per heavy atom. The SMILES string of the molecule is O=C(NC1CC2CCC1N2)c1ccc(Sc2cccc(NS(=O)(=O)C(F)(F)F)c2)s1. The van der Waals surface area contributed by atoms with Gasteiger partial charge in [-0.05, 0) is 49.6 Å². The van der Waals surface area contributed by atoms with E-state index in [2.05, 4.69) is 10.6 Å². The van der Waals surface area contributed by atoms with E-state index in [9.17, 15) is 26.4 Å². The fraction of sp³-hybridized carbons (Fsp3) is 0.389. The zero-order chi connectivity index (χ0) is 21.5. The number of fused-ring (bicyclic) bond motifs is 2. The molecule has 4 rings (SSSR count). The molecule has 3 unspecified atom stereocenters. The molecule has 2 aromatic rings. The summed E-state index contributed by atoms with van der Waals surface area (Å²) in [7, 11) is -5.48. The number of hydrogen-bond acceptors (Lipinski definition) is 6. The Morgan fingerprint density at radius 2 is 2.00 bits per heavy atom. The van der Waals surface area contributed by atoms with Crippen LogP contribution in [0.3, 0.4) is 0 Å². The Hall–Kier alpha value is -1.76. The van der Waals surface area contributed by atoms with Crippen molar-refractivity contribution in [3.63, 3.8) is 0 Å². The summed E-state index contributed by atoms with van der Waals surface area (Å²) in [4.78, 5) is 13.6. The molecule has 2 fully saturated rings. The number of hydrogen-bond donors (Lipinski definition) is 3. The van der Waals surface area contributed by atoms with Crippen LogP contribution < -0.4 is 15.4 Å². The molecular weight excluding hydrogens is 459 g/mol. The molecule has 0 spiro atoms. The number of anilines is 1. The molecular formula is C18H18F3N3O3S3. The molecule has 3 atom stereocenters. The summed E-state index contributed by atoms with van der Waals surface area (Å²) in [6, 6.07) is 10.1. The minimum absolute atomic E-state index is 0.132. The van der Waals surface area contributed by atoms with Crippen LogP contribution in [0.1, 0.15) is 28.9 Å². The number of benzene rings is 1. The van der Waals surface area contributed by atoms with Crippen LogP contribution in [-0.4, -0.2) is 38.0 Å². The van der Waals surface area contributed by atoms with E-state index in [0.29, 0.717) is 21.9 Å². The van der Waals surface area contributed by atoms with Crippen LogP contribution in [0.15, 0.2) is 45.5 Å². The Bertz CT molecular complexity index is 1060. The molecule has 2 aliphatic heterocycles. The lowest BCUT2D eigenvalue weighted by atomic mass is 9.95. The number of nitrogens with one attached hydrogen (secondary N) is 3. The first kappa shape index (κ1) is 21.5. The molecule has 2 aliphatic rings. The number of alkyl halides is 3. The van der Waals surface area contributed by atoms with E-state index in [4.69, 9.17) is 0 Å².